The summed E-state index contributed by atoms with van der Waals surface area (Å²) in [6, 6.07) is 11.0. The number of aryl methyl sites for hydroxylation is 1. The molecule has 2 aromatic carbocycles. The number of H-pyrrole nitrogens is 1. The Morgan fingerprint density at radius 2 is 2.11 bits per heavy atom. The monoisotopic (exact) mass is 255 g/mol. The molecular weight excluding hydrogens is 241 g/mol. The first-order valence-electron chi connectivity index (χ1n) is 6.14. The lowest BCUT2D eigenvalue weighted by Gasteiger charge is -2.08. The van der Waals surface area contributed by atoms with Crippen LogP contribution in [0.4, 0.5) is 10.1 Å². The Kier molecular flexibility index (Phi) is 2.91. The van der Waals surface area contributed by atoms with Crippen LogP contribution in [-0.2, 0) is 6.54 Å². The maximum atomic E-state index is 13.6. The Balaban J connectivity index is 1.79. The molecule has 3 rings (SSSR count). The molecule has 96 valence electrons. The van der Waals surface area contributed by atoms with Crippen LogP contribution in [0.3, 0.4) is 0 Å². The summed E-state index contributed by atoms with van der Waals surface area (Å²) in [7, 11) is 0. The number of aromatic nitrogens is 2. The van der Waals surface area contributed by atoms with Crippen LogP contribution in [0.25, 0.3) is 10.9 Å². The minimum Gasteiger partial charge on any atom is -0.381 e. The maximum absolute atomic E-state index is 13.6. The zero-order valence-corrected chi connectivity index (χ0v) is 10.6. The van der Waals surface area contributed by atoms with Gasteiger partial charge in [0.1, 0.15) is 5.82 Å². The molecule has 2 N–H and O–H groups in total. The summed E-state index contributed by atoms with van der Waals surface area (Å²) < 4.78 is 13.6. The number of nitrogens with zero attached hydrogens (tertiary/aromatic N) is 1. The van der Waals surface area contributed by atoms with Crippen molar-refractivity contribution in [3.05, 3.63) is 59.5 Å². The van der Waals surface area contributed by atoms with Crippen LogP contribution in [0, 0.1) is 12.7 Å². The molecule has 0 saturated carbocycles. The normalized spacial score (nSPS) is 10.8. The Morgan fingerprint density at radius 3 is 3.00 bits per heavy atom. The summed E-state index contributed by atoms with van der Waals surface area (Å²) in [5.74, 6) is -0.180. The van der Waals surface area contributed by atoms with Gasteiger partial charge in [0, 0.05) is 23.2 Å². The van der Waals surface area contributed by atoms with E-state index in [1.165, 1.54) is 6.07 Å². The van der Waals surface area contributed by atoms with Crippen molar-refractivity contribution in [2.45, 2.75) is 13.5 Å². The molecule has 4 heteroatoms. The van der Waals surface area contributed by atoms with E-state index in [4.69, 9.17) is 0 Å². The average Bonchev–Trinajstić information content (AvgIpc) is 2.87. The first-order chi connectivity index (χ1) is 9.22. The molecule has 0 amide bonds. The van der Waals surface area contributed by atoms with E-state index >= 15 is 0 Å². The van der Waals surface area contributed by atoms with Gasteiger partial charge in [0.15, 0.2) is 0 Å². The number of nitrogens with one attached hydrogen (secondary N) is 2. The molecule has 0 aliphatic carbocycles. The number of aromatic amines is 1. The summed E-state index contributed by atoms with van der Waals surface area (Å²) >= 11 is 0. The van der Waals surface area contributed by atoms with E-state index in [9.17, 15) is 4.39 Å². The fourth-order valence-corrected chi connectivity index (χ4v) is 2.08. The van der Waals surface area contributed by atoms with Crippen LogP contribution in [-0.4, -0.2) is 10.2 Å². The zero-order valence-electron chi connectivity index (χ0n) is 10.6. The van der Waals surface area contributed by atoms with Crippen LogP contribution >= 0.6 is 0 Å². The third-order valence-corrected chi connectivity index (χ3v) is 3.13. The molecule has 0 atom stereocenters. The molecule has 1 heterocycles. The molecule has 0 bridgehead atoms. The predicted molar refractivity (Wildman–Crippen MR) is 74.6 cm³/mol. The van der Waals surface area contributed by atoms with Crippen molar-refractivity contribution in [3.63, 3.8) is 0 Å². The van der Waals surface area contributed by atoms with Crippen molar-refractivity contribution < 1.29 is 4.39 Å². The highest BCUT2D eigenvalue weighted by Crippen LogP contribution is 2.18. The van der Waals surface area contributed by atoms with E-state index < -0.39 is 0 Å². The Morgan fingerprint density at radius 1 is 1.21 bits per heavy atom. The van der Waals surface area contributed by atoms with E-state index in [0.29, 0.717) is 12.1 Å². The van der Waals surface area contributed by atoms with E-state index in [2.05, 4.69) is 15.5 Å². The van der Waals surface area contributed by atoms with Crippen molar-refractivity contribution in [1.29, 1.82) is 0 Å². The second-order valence-electron chi connectivity index (χ2n) is 4.62. The number of hydrogen-bond donors (Lipinski definition) is 2. The van der Waals surface area contributed by atoms with Gasteiger partial charge in [-0.05, 0) is 31.2 Å². The van der Waals surface area contributed by atoms with Crippen LogP contribution in [0.2, 0.25) is 0 Å². The number of hydrogen-bond acceptors (Lipinski definition) is 2. The Hall–Kier alpha value is -2.36. The van der Waals surface area contributed by atoms with E-state index in [-0.39, 0.29) is 5.82 Å². The lowest BCUT2D eigenvalue weighted by Crippen LogP contribution is -2.02. The molecule has 0 unspecified atom stereocenters. The standard InChI is InChI=1S/C15H14FN3/c1-10-2-5-14(16)12(6-10)8-17-13-4-3-11-9-18-19-15(11)7-13/h2-7,9,17H,8H2,1H3,(H,18,19). The van der Waals surface area contributed by atoms with Gasteiger partial charge in [-0.3, -0.25) is 5.10 Å². The van der Waals surface area contributed by atoms with Crippen molar-refractivity contribution in [2.75, 3.05) is 5.32 Å². The lowest BCUT2D eigenvalue weighted by molar-refractivity contribution is 0.612. The maximum Gasteiger partial charge on any atom is 0.128 e. The molecular formula is C15H14FN3. The van der Waals surface area contributed by atoms with Gasteiger partial charge in [0.05, 0.1) is 11.7 Å². The van der Waals surface area contributed by atoms with Crippen LogP contribution in [0.15, 0.2) is 42.6 Å². The largest absolute Gasteiger partial charge is 0.381 e. The minimum atomic E-state index is -0.180. The number of rotatable bonds is 3. The molecule has 0 aliphatic rings. The van der Waals surface area contributed by atoms with E-state index in [0.717, 1.165) is 22.2 Å². The Bertz CT molecular complexity index is 718. The summed E-state index contributed by atoms with van der Waals surface area (Å²) in [6.07, 6.45) is 1.78. The van der Waals surface area contributed by atoms with Gasteiger partial charge >= 0.3 is 0 Å². The topological polar surface area (TPSA) is 40.7 Å². The van der Waals surface area contributed by atoms with Gasteiger partial charge in [-0.15, -0.1) is 0 Å². The van der Waals surface area contributed by atoms with Gasteiger partial charge in [-0.2, -0.15) is 5.10 Å². The summed E-state index contributed by atoms with van der Waals surface area (Å²) in [5, 5.41) is 11.2. The van der Waals surface area contributed by atoms with Gasteiger partial charge in [0.2, 0.25) is 0 Å². The summed E-state index contributed by atoms with van der Waals surface area (Å²) in [4.78, 5) is 0. The SMILES string of the molecule is Cc1ccc(F)c(CNc2ccc3cn[nH]c3c2)c1. The summed E-state index contributed by atoms with van der Waals surface area (Å²) in [6.45, 7) is 2.42. The highest BCUT2D eigenvalue weighted by Gasteiger charge is 2.03. The third kappa shape index (κ3) is 2.42. The van der Waals surface area contributed by atoms with Crippen LogP contribution in [0.1, 0.15) is 11.1 Å². The average molecular weight is 255 g/mol. The number of halogens is 1. The molecule has 0 saturated heterocycles. The minimum absolute atomic E-state index is 0.180. The smallest absolute Gasteiger partial charge is 0.128 e. The first-order valence-corrected chi connectivity index (χ1v) is 6.14. The highest BCUT2D eigenvalue weighted by atomic mass is 19.1. The lowest BCUT2D eigenvalue weighted by atomic mass is 10.1. The van der Waals surface area contributed by atoms with E-state index in [1.807, 2.05) is 31.2 Å². The number of fused-ring (bicyclic) bond motifs is 1. The molecule has 0 spiro atoms. The number of benzene rings is 2. The molecule has 3 nitrogen and oxygen atoms in total. The quantitative estimate of drug-likeness (QED) is 0.750. The second kappa shape index (κ2) is 4.72. The fraction of sp³-hybridized carbons (Fsp3) is 0.133. The fourth-order valence-electron chi connectivity index (χ4n) is 2.08. The summed E-state index contributed by atoms with van der Waals surface area (Å²) in [5.41, 5.74) is 3.64. The van der Waals surface area contributed by atoms with Crippen molar-refractivity contribution in [1.82, 2.24) is 10.2 Å². The molecule has 0 fully saturated rings. The van der Waals surface area contributed by atoms with Crippen molar-refractivity contribution in [3.8, 4) is 0 Å². The van der Waals surface area contributed by atoms with Gasteiger partial charge < -0.3 is 5.32 Å². The highest BCUT2D eigenvalue weighted by molar-refractivity contribution is 5.81. The van der Waals surface area contributed by atoms with Crippen LogP contribution < -0.4 is 5.32 Å². The van der Waals surface area contributed by atoms with Crippen LogP contribution in [0.5, 0.6) is 0 Å². The molecule has 3 aromatic rings. The van der Waals surface area contributed by atoms with Crippen molar-refractivity contribution in [2.24, 2.45) is 0 Å². The van der Waals surface area contributed by atoms with Gasteiger partial charge in [-0.1, -0.05) is 17.7 Å². The molecule has 0 radical (unpaired) electrons. The third-order valence-electron chi connectivity index (χ3n) is 3.13. The first kappa shape index (κ1) is 11.7. The Labute approximate surface area is 110 Å². The van der Waals surface area contributed by atoms with Gasteiger partial charge in [-0.25, -0.2) is 4.39 Å². The zero-order chi connectivity index (χ0) is 13.2. The van der Waals surface area contributed by atoms with Crippen molar-refractivity contribution >= 4 is 16.6 Å². The number of anilines is 1. The predicted octanol–water partition coefficient (Wildman–Crippen LogP) is 3.62. The second-order valence-corrected chi connectivity index (χ2v) is 4.62. The molecule has 1 aromatic heterocycles. The molecule has 0 aliphatic heterocycles. The van der Waals surface area contributed by atoms with Gasteiger partial charge in [0.25, 0.3) is 0 Å². The van der Waals surface area contributed by atoms with E-state index in [1.54, 1.807) is 12.3 Å². The molecule has 19 heavy (non-hydrogen) atoms.